The minimum atomic E-state index is -4.48. The molecule has 0 bridgehead atoms. The Morgan fingerprint density at radius 3 is 2.22 bits per heavy atom. The second-order valence-electron chi connectivity index (χ2n) is 7.15. The third-order valence-electron chi connectivity index (χ3n) is 4.60. The van der Waals surface area contributed by atoms with Gasteiger partial charge in [-0.25, -0.2) is 13.1 Å². The minimum absolute atomic E-state index is 0.154. The fourth-order valence-corrected chi connectivity index (χ4v) is 4.11. The van der Waals surface area contributed by atoms with Crippen molar-refractivity contribution in [2.24, 2.45) is 11.8 Å². The van der Waals surface area contributed by atoms with Gasteiger partial charge in [-0.05, 0) is 70.0 Å². The van der Waals surface area contributed by atoms with Gasteiger partial charge in [0, 0.05) is 12.5 Å². The first-order valence-corrected chi connectivity index (χ1v) is 10.4. The summed E-state index contributed by atoms with van der Waals surface area (Å²) in [7, 11) is 0.123. The van der Waals surface area contributed by atoms with E-state index in [4.69, 9.17) is 0 Å². The molecule has 0 aromatic heterocycles. The minimum Gasteiger partial charge on any atom is -0.299 e. The van der Waals surface area contributed by atoms with Crippen molar-refractivity contribution in [1.29, 1.82) is 0 Å². The van der Waals surface area contributed by atoms with Crippen LogP contribution in [0.1, 0.15) is 31.2 Å². The average Bonchev–Trinajstić information content (AvgIpc) is 2.60. The second-order valence-corrected chi connectivity index (χ2v) is 8.92. The number of benzene rings is 1. The molecule has 1 aliphatic rings. The van der Waals surface area contributed by atoms with E-state index in [2.05, 4.69) is 16.6 Å². The Bertz CT molecular complexity index is 770. The molecule has 0 aliphatic heterocycles. The molecule has 1 aliphatic carbocycles. The van der Waals surface area contributed by atoms with Gasteiger partial charge in [-0.3, -0.25) is 4.90 Å². The van der Waals surface area contributed by atoms with Crippen molar-refractivity contribution in [3.8, 4) is 11.8 Å². The summed E-state index contributed by atoms with van der Waals surface area (Å²) in [6.45, 7) is 1.02. The number of rotatable bonds is 5. The van der Waals surface area contributed by atoms with Gasteiger partial charge in [0.15, 0.2) is 0 Å². The van der Waals surface area contributed by atoms with Crippen LogP contribution in [0.2, 0.25) is 0 Å². The van der Waals surface area contributed by atoms with E-state index in [-0.39, 0.29) is 10.8 Å². The standard InChI is InChI=1S/C19H25F3N2O2S/c1-24(2)13-3-4-15-5-7-16(8-6-15)14-23-27(25,26)18-11-9-17(10-12-18)19(20,21)22/h9-12,15-16,23H,5-8,13-14H2,1-2H3. The highest BCUT2D eigenvalue weighted by Gasteiger charge is 2.30. The Hall–Kier alpha value is -1.56. The zero-order valence-electron chi connectivity index (χ0n) is 15.5. The molecule has 0 atom stereocenters. The number of nitrogens with zero attached hydrogens (tertiary/aromatic N) is 1. The lowest BCUT2D eigenvalue weighted by atomic mass is 9.82. The summed E-state index contributed by atoms with van der Waals surface area (Å²) in [6.07, 6.45) is -0.836. The van der Waals surface area contributed by atoms with Gasteiger partial charge in [-0.1, -0.05) is 11.8 Å². The Balaban J connectivity index is 1.85. The number of nitrogens with one attached hydrogen (secondary N) is 1. The first-order valence-electron chi connectivity index (χ1n) is 8.88. The maximum atomic E-state index is 12.6. The van der Waals surface area contributed by atoms with E-state index in [9.17, 15) is 21.6 Å². The van der Waals surface area contributed by atoms with E-state index in [1.807, 2.05) is 19.0 Å². The molecule has 1 N–H and O–H groups in total. The summed E-state index contributed by atoms with van der Waals surface area (Å²) in [5.74, 6) is 6.99. The molecule has 150 valence electrons. The van der Waals surface area contributed by atoms with Gasteiger partial charge >= 0.3 is 6.18 Å². The molecular weight excluding hydrogens is 377 g/mol. The second kappa shape index (κ2) is 9.09. The molecule has 0 unspecified atom stereocenters. The monoisotopic (exact) mass is 402 g/mol. The fourth-order valence-electron chi connectivity index (χ4n) is 2.99. The van der Waals surface area contributed by atoms with Gasteiger partial charge in [0.2, 0.25) is 10.0 Å². The first kappa shape index (κ1) is 21.7. The molecule has 0 spiro atoms. The Labute approximate surface area is 159 Å². The predicted molar refractivity (Wildman–Crippen MR) is 98.4 cm³/mol. The van der Waals surface area contributed by atoms with E-state index < -0.39 is 21.8 Å². The largest absolute Gasteiger partial charge is 0.416 e. The van der Waals surface area contributed by atoms with Gasteiger partial charge in [0.25, 0.3) is 0 Å². The number of hydrogen-bond acceptors (Lipinski definition) is 3. The van der Waals surface area contributed by atoms with Crippen molar-refractivity contribution >= 4 is 10.0 Å². The van der Waals surface area contributed by atoms with Crippen LogP contribution in [-0.4, -0.2) is 40.5 Å². The number of halogens is 3. The zero-order chi connectivity index (χ0) is 20.1. The Morgan fingerprint density at radius 2 is 1.70 bits per heavy atom. The predicted octanol–water partition coefficient (Wildman–Crippen LogP) is 3.36. The lowest BCUT2D eigenvalue weighted by Gasteiger charge is -2.25. The molecule has 0 radical (unpaired) electrons. The average molecular weight is 402 g/mol. The molecule has 4 nitrogen and oxygen atoms in total. The number of sulfonamides is 1. The normalized spacial score (nSPS) is 21.0. The van der Waals surface area contributed by atoms with Gasteiger partial charge < -0.3 is 0 Å². The third-order valence-corrected chi connectivity index (χ3v) is 6.04. The van der Waals surface area contributed by atoms with Crippen LogP contribution in [0.5, 0.6) is 0 Å². The summed E-state index contributed by atoms with van der Waals surface area (Å²) in [4.78, 5) is 1.85. The maximum Gasteiger partial charge on any atom is 0.416 e. The van der Waals surface area contributed by atoms with Crippen LogP contribution in [0.3, 0.4) is 0 Å². The molecule has 2 rings (SSSR count). The van der Waals surface area contributed by atoms with Crippen molar-refractivity contribution in [3.63, 3.8) is 0 Å². The van der Waals surface area contributed by atoms with Gasteiger partial charge in [-0.15, -0.1) is 0 Å². The van der Waals surface area contributed by atoms with Crippen molar-refractivity contribution in [2.75, 3.05) is 27.2 Å². The zero-order valence-corrected chi connectivity index (χ0v) is 16.3. The summed E-state index contributed by atoms with van der Waals surface area (Å²) in [5, 5.41) is 0. The number of alkyl halides is 3. The lowest BCUT2D eigenvalue weighted by molar-refractivity contribution is -0.137. The van der Waals surface area contributed by atoms with E-state index >= 15 is 0 Å². The van der Waals surface area contributed by atoms with Crippen LogP contribution in [0.25, 0.3) is 0 Å². The molecule has 1 fully saturated rings. The molecule has 1 aromatic rings. The summed E-state index contributed by atoms with van der Waals surface area (Å²) in [6, 6.07) is 3.54. The maximum absolute atomic E-state index is 12.6. The van der Waals surface area contributed by atoms with E-state index in [1.54, 1.807) is 0 Å². The van der Waals surface area contributed by atoms with Crippen LogP contribution >= 0.6 is 0 Å². The molecule has 0 amide bonds. The lowest BCUT2D eigenvalue weighted by Crippen LogP contribution is -2.31. The van der Waals surface area contributed by atoms with E-state index in [0.29, 0.717) is 12.5 Å². The summed E-state index contributed by atoms with van der Waals surface area (Å²) in [5.41, 5.74) is -0.866. The van der Waals surface area contributed by atoms with Crippen molar-refractivity contribution < 1.29 is 21.6 Å². The fraction of sp³-hybridized carbons (Fsp3) is 0.579. The van der Waals surface area contributed by atoms with E-state index in [0.717, 1.165) is 56.5 Å². The highest BCUT2D eigenvalue weighted by atomic mass is 32.2. The number of hydrogen-bond donors (Lipinski definition) is 1. The summed E-state index contributed by atoms with van der Waals surface area (Å²) >= 11 is 0. The Kier molecular flexibility index (Phi) is 7.32. The highest BCUT2D eigenvalue weighted by Crippen LogP contribution is 2.30. The van der Waals surface area contributed by atoms with Crippen LogP contribution in [0.15, 0.2) is 29.2 Å². The van der Waals surface area contributed by atoms with Gasteiger partial charge in [0.1, 0.15) is 0 Å². The smallest absolute Gasteiger partial charge is 0.299 e. The molecule has 0 heterocycles. The molecule has 8 heteroatoms. The molecule has 1 saturated carbocycles. The van der Waals surface area contributed by atoms with Crippen molar-refractivity contribution in [1.82, 2.24) is 9.62 Å². The molecule has 0 saturated heterocycles. The van der Waals surface area contributed by atoms with Gasteiger partial charge in [0.05, 0.1) is 17.0 Å². The van der Waals surface area contributed by atoms with Crippen LogP contribution in [0, 0.1) is 23.7 Å². The van der Waals surface area contributed by atoms with Gasteiger partial charge in [-0.2, -0.15) is 13.2 Å². The molecule has 1 aromatic carbocycles. The van der Waals surface area contributed by atoms with Crippen LogP contribution in [0.4, 0.5) is 13.2 Å². The van der Waals surface area contributed by atoms with Crippen LogP contribution in [-0.2, 0) is 16.2 Å². The molecular formula is C19H25F3N2O2S. The quantitative estimate of drug-likeness (QED) is 0.769. The topological polar surface area (TPSA) is 49.4 Å². The first-order chi connectivity index (χ1) is 12.6. The molecule has 27 heavy (non-hydrogen) atoms. The van der Waals surface area contributed by atoms with Crippen LogP contribution < -0.4 is 4.72 Å². The summed E-state index contributed by atoms with van der Waals surface area (Å²) < 4.78 is 64.8. The Morgan fingerprint density at radius 1 is 1.11 bits per heavy atom. The SMILES string of the molecule is CN(C)CC#CC1CCC(CNS(=O)(=O)c2ccc(C(F)(F)F)cc2)CC1. The van der Waals surface area contributed by atoms with Crippen molar-refractivity contribution in [2.45, 2.75) is 36.8 Å². The van der Waals surface area contributed by atoms with E-state index in [1.165, 1.54) is 0 Å². The van der Waals surface area contributed by atoms with Crippen molar-refractivity contribution in [3.05, 3.63) is 29.8 Å². The third kappa shape index (κ3) is 6.83. The highest BCUT2D eigenvalue weighted by molar-refractivity contribution is 7.89.